The maximum Gasteiger partial charge on any atom is 0.282 e. The van der Waals surface area contributed by atoms with Crippen molar-refractivity contribution in [3.63, 3.8) is 0 Å². The number of hydrogen-bond donors (Lipinski definition) is 0. The molecule has 0 radical (unpaired) electrons. The zero-order valence-corrected chi connectivity index (χ0v) is 12.1. The monoisotopic (exact) mass is 278 g/mol. The van der Waals surface area contributed by atoms with Gasteiger partial charge in [0.2, 0.25) is 0 Å². The Kier molecular flexibility index (Phi) is 5.84. The average molecular weight is 278 g/mol. The van der Waals surface area contributed by atoms with E-state index in [4.69, 9.17) is 5.26 Å². The van der Waals surface area contributed by atoms with Crippen LogP contribution >= 0.6 is 11.8 Å². The summed E-state index contributed by atoms with van der Waals surface area (Å²) in [5.41, 5.74) is -0.103. The van der Waals surface area contributed by atoms with Gasteiger partial charge in [-0.1, -0.05) is 18.6 Å². The summed E-state index contributed by atoms with van der Waals surface area (Å²) in [5, 5.41) is 19.7. The molecule has 0 aliphatic carbocycles. The molecule has 0 aromatic heterocycles. The zero-order valence-electron chi connectivity index (χ0n) is 11.3. The topological polar surface area (TPSA) is 66.9 Å². The summed E-state index contributed by atoms with van der Waals surface area (Å²) in [5.74, 6) is 0.840. The van der Waals surface area contributed by atoms with Crippen molar-refractivity contribution in [3.8, 4) is 6.07 Å². The molecule has 4 nitrogen and oxygen atoms in total. The number of nitro benzene ring substituents is 1. The van der Waals surface area contributed by atoms with E-state index < -0.39 is 0 Å². The van der Waals surface area contributed by atoms with E-state index in [1.165, 1.54) is 17.8 Å². The summed E-state index contributed by atoms with van der Waals surface area (Å²) >= 11 is 1.51. The third-order valence-electron chi connectivity index (χ3n) is 2.82. The average Bonchev–Trinajstić information content (AvgIpc) is 2.38. The minimum absolute atomic E-state index is 0.171. The van der Waals surface area contributed by atoms with E-state index in [0.29, 0.717) is 4.90 Å². The van der Waals surface area contributed by atoms with Crippen LogP contribution in [-0.2, 0) is 0 Å². The quantitative estimate of drug-likeness (QED) is 0.321. The van der Waals surface area contributed by atoms with Crippen LogP contribution < -0.4 is 0 Å². The Morgan fingerprint density at radius 3 is 2.68 bits per heavy atom. The molecule has 0 aliphatic heterocycles. The van der Waals surface area contributed by atoms with Crippen molar-refractivity contribution >= 4 is 17.4 Å². The van der Waals surface area contributed by atoms with Crippen LogP contribution in [0.1, 0.15) is 33.1 Å². The van der Waals surface area contributed by atoms with Crippen LogP contribution in [0.15, 0.2) is 29.2 Å². The zero-order chi connectivity index (χ0) is 14.3. The molecule has 5 heteroatoms. The number of thioether (sulfide) groups is 1. The van der Waals surface area contributed by atoms with Gasteiger partial charge in [0.15, 0.2) is 0 Å². The number of para-hydroxylation sites is 1. The van der Waals surface area contributed by atoms with Gasteiger partial charge in [-0.3, -0.25) is 10.1 Å². The van der Waals surface area contributed by atoms with Gasteiger partial charge in [-0.2, -0.15) is 5.26 Å². The lowest BCUT2D eigenvalue weighted by molar-refractivity contribution is -0.387. The number of nitrogens with zero attached hydrogens (tertiary/aromatic N) is 2. The summed E-state index contributed by atoms with van der Waals surface area (Å²) in [6.45, 7) is 3.87. The molecule has 0 atom stereocenters. The fraction of sp³-hybridized carbons (Fsp3) is 0.500. The van der Waals surface area contributed by atoms with Crippen molar-refractivity contribution in [2.75, 3.05) is 5.75 Å². The van der Waals surface area contributed by atoms with Crippen LogP contribution in [0, 0.1) is 26.9 Å². The lowest BCUT2D eigenvalue weighted by atomic mass is 9.89. The van der Waals surface area contributed by atoms with Gasteiger partial charge < -0.3 is 0 Å². The summed E-state index contributed by atoms with van der Waals surface area (Å²) in [7, 11) is 0. The highest BCUT2D eigenvalue weighted by atomic mass is 32.2. The van der Waals surface area contributed by atoms with Crippen LogP contribution in [0.3, 0.4) is 0 Å². The van der Waals surface area contributed by atoms with Crippen molar-refractivity contribution in [2.45, 2.75) is 38.0 Å². The van der Waals surface area contributed by atoms with Crippen LogP contribution in [0.4, 0.5) is 5.69 Å². The minimum atomic E-state index is -0.346. The van der Waals surface area contributed by atoms with Crippen molar-refractivity contribution in [2.24, 2.45) is 5.41 Å². The highest BCUT2D eigenvalue weighted by Crippen LogP contribution is 2.30. The SMILES string of the molecule is CC(C)(C#N)CCCCSc1ccccc1[N+](=O)[O-]. The molecular weight excluding hydrogens is 260 g/mol. The first kappa shape index (κ1) is 15.5. The predicted octanol–water partition coefficient (Wildman–Crippen LogP) is 4.41. The van der Waals surface area contributed by atoms with Crippen molar-refractivity contribution in [3.05, 3.63) is 34.4 Å². The molecular formula is C14H18N2O2S. The second-order valence-electron chi connectivity index (χ2n) is 5.03. The van der Waals surface area contributed by atoms with Crippen LogP contribution in [0.25, 0.3) is 0 Å². The van der Waals surface area contributed by atoms with Gasteiger partial charge in [0, 0.05) is 6.07 Å². The third kappa shape index (κ3) is 5.31. The molecule has 0 N–H and O–H groups in total. The van der Waals surface area contributed by atoms with Gasteiger partial charge in [-0.05, 0) is 38.5 Å². The number of hydrogen-bond acceptors (Lipinski definition) is 4. The van der Waals surface area contributed by atoms with Gasteiger partial charge in [-0.25, -0.2) is 0 Å². The van der Waals surface area contributed by atoms with Crippen molar-refractivity contribution in [1.82, 2.24) is 0 Å². The van der Waals surface area contributed by atoms with Crippen molar-refractivity contribution < 1.29 is 4.92 Å². The molecule has 1 rings (SSSR count). The van der Waals surface area contributed by atoms with Gasteiger partial charge in [0.25, 0.3) is 5.69 Å². The second-order valence-corrected chi connectivity index (χ2v) is 6.16. The molecule has 0 saturated heterocycles. The Bertz CT molecular complexity index is 481. The Hall–Kier alpha value is -1.54. The molecule has 0 heterocycles. The standard InChI is InChI=1S/C14H18N2O2S/c1-14(2,11-15)9-5-6-10-19-13-8-4-3-7-12(13)16(17)18/h3-4,7-8H,5-6,9-10H2,1-2H3. The second kappa shape index (κ2) is 7.15. The predicted molar refractivity (Wildman–Crippen MR) is 77.1 cm³/mol. The van der Waals surface area contributed by atoms with Gasteiger partial charge in [0.05, 0.1) is 21.3 Å². The molecule has 19 heavy (non-hydrogen) atoms. The summed E-state index contributed by atoms with van der Waals surface area (Å²) in [6, 6.07) is 9.08. The summed E-state index contributed by atoms with van der Waals surface area (Å²) in [4.78, 5) is 11.2. The molecule has 102 valence electrons. The molecule has 0 bridgehead atoms. The highest BCUT2D eigenvalue weighted by Gasteiger charge is 2.16. The molecule has 0 fully saturated rings. The number of benzene rings is 1. The molecule has 0 aliphatic rings. The first-order valence-corrected chi connectivity index (χ1v) is 7.22. The normalized spacial score (nSPS) is 11.0. The Morgan fingerprint density at radius 2 is 2.05 bits per heavy atom. The van der Waals surface area contributed by atoms with E-state index in [-0.39, 0.29) is 16.0 Å². The molecule has 0 unspecified atom stereocenters. The van der Waals surface area contributed by atoms with E-state index in [1.807, 2.05) is 19.9 Å². The van der Waals surface area contributed by atoms with Crippen molar-refractivity contribution in [1.29, 1.82) is 5.26 Å². The smallest absolute Gasteiger partial charge is 0.258 e. The van der Waals surface area contributed by atoms with Crippen LogP contribution in [0.5, 0.6) is 0 Å². The van der Waals surface area contributed by atoms with Gasteiger partial charge >= 0.3 is 0 Å². The number of unbranched alkanes of at least 4 members (excludes halogenated alkanes) is 1. The number of rotatable bonds is 7. The van der Waals surface area contributed by atoms with Crippen LogP contribution in [-0.4, -0.2) is 10.7 Å². The van der Waals surface area contributed by atoms with E-state index >= 15 is 0 Å². The highest BCUT2D eigenvalue weighted by molar-refractivity contribution is 7.99. The molecule has 0 saturated carbocycles. The van der Waals surface area contributed by atoms with E-state index in [0.717, 1.165) is 25.0 Å². The lowest BCUT2D eigenvalue weighted by Crippen LogP contribution is -2.07. The minimum Gasteiger partial charge on any atom is -0.258 e. The Balaban J connectivity index is 2.39. The maximum atomic E-state index is 10.8. The maximum absolute atomic E-state index is 10.8. The van der Waals surface area contributed by atoms with E-state index in [1.54, 1.807) is 12.1 Å². The molecule has 1 aromatic carbocycles. The van der Waals surface area contributed by atoms with E-state index in [2.05, 4.69) is 6.07 Å². The molecule has 1 aromatic rings. The largest absolute Gasteiger partial charge is 0.282 e. The molecule has 0 amide bonds. The van der Waals surface area contributed by atoms with Gasteiger partial charge in [-0.15, -0.1) is 11.8 Å². The first-order valence-electron chi connectivity index (χ1n) is 6.24. The number of nitro groups is 1. The van der Waals surface area contributed by atoms with Gasteiger partial charge in [0.1, 0.15) is 0 Å². The Morgan fingerprint density at radius 1 is 1.37 bits per heavy atom. The first-order chi connectivity index (χ1) is 8.96. The van der Waals surface area contributed by atoms with Crippen LogP contribution in [0.2, 0.25) is 0 Å². The lowest BCUT2D eigenvalue weighted by Gasteiger charge is -2.13. The third-order valence-corrected chi connectivity index (χ3v) is 3.97. The van der Waals surface area contributed by atoms with E-state index in [9.17, 15) is 10.1 Å². The number of nitriles is 1. The fourth-order valence-electron chi connectivity index (χ4n) is 1.64. The summed E-state index contributed by atoms with van der Waals surface area (Å²) < 4.78 is 0. The summed E-state index contributed by atoms with van der Waals surface area (Å²) in [6.07, 6.45) is 2.79. The molecule has 0 spiro atoms. The Labute approximate surface area is 118 Å². The fourth-order valence-corrected chi connectivity index (χ4v) is 2.67.